The summed E-state index contributed by atoms with van der Waals surface area (Å²) in [4.78, 5) is 36.3. The van der Waals surface area contributed by atoms with Crippen molar-refractivity contribution in [3.8, 4) is 0 Å². The van der Waals surface area contributed by atoms with E-state index in [9.17, 15) is 9.59 Å². The van der Waals surface area contributed by atoms with Crippen molar-refractivity contribution in [3.63, 3.8) is 0 Å². The molecule has 3 aliphatic rings. The lowest BCUT2D eigenvalue weighted by Gasteiger charge is -2.33. The maximum absolute atomic E-state index is 12.9. The van der Waals surface area contributed by atoms with Crippen LogP contribution in [0.25, 0.3) is 0 Å². The molecule has 4 rings (SSSR count). The van der Waals surface area contributed by atoms with E-state index < -0.39 is 0 Å². The molecule has 1 N–H and O–H groups in total. The lowest BCUT2D eigenvalue weighted by molar-refractivity contribution is -0.130. The van der Waals surface area contributed by atoms with Crippen LogP contribution < -0.4 is 5.32 Å². The molecule has 0 unspecified atom stereocenters. The van der Waals surface area contributed by atoms with E-state index in [2.05, 4.69) is 27.1 Å². The molecule has 0 spiro atoms. The smallest absolute Gasteiger partial charge is 0.239 e. The van der Waals surface area contributed by atoms with Crippen molar-refractivity contribution in [3.05, 3.63) is 30.1 Å². The fourth-order valence-corrected chi connectivity index (χ4v) is 4.94. The maximum Gasteiger partial charge on any atom is 0.239 e. The van der Waals surface area contributed by atoms with Crippen LogP contribution in [0.15, 0.2) is 24.4 Å². The van der Waals surface area contributed by atoms with Crippen LogP contribution in [-0.4, -0.2) is 82.9 Å². The first-order valence-electron chi connectivity index (χ1n) is 10.5. The number of hydrogen-bond donors (Lipinski definition) is 1. The van der Waals surface area contributed by atoms with Gasteiger partial charge in [0.1, 0.15) is 6.04 Å². The van der Waals surface area contributed by atoms with Crippen LogP contribution in [0.1, 0.15) is 37.8 Å². The second kappa shape index (κ2) is 8.57. The number of nitrogens with one attached hydrogen (secondary N) is 1. The van der Waals surface area contributed by atoms with Crippen molar-refractivity contribution >= 4 is 11.8 Å². The molecule has 7 nitrogen and oxygen atoms in total. The zero-order chi connectivity index (χ0) is 19.5. The fraction of sp³-hybridized carbons (Fsp3) is 0.667. The van der Waals surface area contributed by atoms with Gasteiger partial charge in [-0.1, -0.05) is 6.07 Å². The standard InChI is InChI=1S/C21H31N5O2/c1-24-17(7-8-19(27)25-11-4-5-12-25)14-23-21(28)20-18(24)9-13-26(20)15-16-6-2-3-10-22-16/h2-3,6,10,17-18,20H,4-5,7-9,11-15H2,1H3,(H,23,28)/t17-,18+,20-/m0/s1. The summed E-state index contributed by atoms with van der Waals surface area (Å²) < 4.78 is 0. The van der Waals surface area contributed by atoms with Gasteiger partial charge in [0, 0.05) is 57.4 Å². The van der Waals surface area contributed by atoms with Crippen molar-refractivity contribution in [2.75, 3.05) is 33.2 Å². The minimum Gasteiger partial charge on any atom is -0.353 e. The highest BCUT2D eigenvalue weighted by Crippen LogP contribution is 2.28. The third-order valence-corrected chi connectivity index (χ3v) is 6.59. The summed E-state index contributed by atoms with van der Waals surface area (Å²) in [5.41, 5.74) is 0.996. The first-order chi connectivity index (χ1) is 13.6. The summed E-state index contributed by atoms with van der Waals surface area (Å²) in [6.45, 7) is 4.02. The van der Waals surface area contributed by atoms with Crippen molar-refractivity contribution in [2.24, 2.45) is 0 Å². The molecular weight excluding hydrogens is 354 g/mol. The minimum atomic E-state index is -0.147. The van der Waals surface area contributed by atoms with Crippen molar-refractivity contribution in [1.29, 1.82) is 0 Å². The Kier molecular flexibility index (Phi) is 5.92. The predicted molar refractivity (Wildman–Crippen MR) is 106 cm³/mol. The molecule has 1 aromatic rings. The molecule has 0 aliphatic carbocycles. The van der Waals surface area contributed by atoms with Gasteiger partial charge in [-0.2, -0.15) is 0 Å². The number of carbonyl (C=O) groups is 2. The van der Waals surface area contributed by atoms with Gasteiger partial charge in [-0.25, -0.2) is 0 Å². The Balaban J connectivity index is 1.39. The van der Waals surface area contributed by atoms with Gasteiger partial charge in [-0.3, -0.25) is 24.4 Å². The number of likely N-dealkylation sites (tertiary alicyclic amines) is 2. The van der Waals surface area contributed by atoms with E-state index in [1.54, 1.807) is 6.20 Å². The number of likely N-dealkylation sites (N-methyl/N-ethyl adjacent to an activating group) is 1. The van der Waals surface area contributed by atoms with Crippen molar-refractivity contribution in [2.45, 2.75) is 56.8 Å². The van der Waals surface area contributed by atoms with Gasteiger partial charge in [0.05, 0.1) is 5.69 Å². The van der Waals surface area contributed by atoms with Crippen LogP contribution in [0.5, 0.6) is 0 Å². The molecule has 0 radical (unpaired) electrons. The van der Waals surface area contributed by atoms with Crippen LogP contribution in [-0.2, 0) is 16.1 Å². The fourth-order valence-electron chi connectivity index (χ4n) is 4.94. The predicted octanol–water partition coefficient (Wildman–Crippen LogP) is 0.857. The molecular formula is C21H31N5O2. The van der Waals surface area contributed by atoms with E-state index in [0.717, 1.165) is 51.0 Å². The number of nitrogens with zero attached hydrogens (tertiary/aromatic N) is 4. The van der Waals surface area contributed by atoms with Crippen molar-refractivity contribution in [1.82, 2.24) is 25.0 Å². The molecule has 2 amide bonds. The number of rotatable bonds is 5. The highest BCUT2D eigenvalue weighted by molar-refractivity contribution is 5.83. The van der Waals surface area contributed by atoms with E-state index in [-0.39, 0.29) is 29.9 Å². The summed E-state index contributed by atoms with van der Waals surface area (Å²) >= 11 is 0. The number of aromatic nitrogens is 1. The van der Waals surface area contributed by atoms with Crippen LogP contribution >= 0.6 is 0 Å². The Morgan fingerprint density at radius 2 is 2.07 bits per heavy atom. The van der Waals surface area contributed by atoms with Crippen LogP contribution in [0.3, 0.4) is 0 Å². The van der Waals surface area contributed by atoms with Gasteiger partial charge >= 0.3 is 0 Å². The van der Waals surface area contributed by atoms with E-state index in [1.165, 1.54) is 0 Å². The molecule has 3 aliphatic heterocycles. The summed E-state index contributed by atoms with van der Waals surface area (Å²) in [5.74, 6) is 0.375. The Bertz CT molecular complexity index is 691. The van der Waals surface area contributed by atoms with E-state index >= 15 is 0 Å². The summed E-state index contributed by atoms with van der Waals surface area (Å²) in [6.07, 6.45) is 6.39. The molecule has 28 heavy (non-hydrogen) atoms. The highest BCUT2D eigenvalue weighted by Gasteiger charge is 2.45. The highest BCUT2D eigenvalue weighted by atomic mass is 16.2. The second-order valence-electron chi connectivity index (χ2n) is 8.28. The molecule has 152 valence electrons. The van der Waals surface area contributed by atoms with Gasteiger partial charge < -0.3 is 10.2 Å². The average molecular weight is 386 g/mol. The number of carbonyl (C=O) groups excluding carboxylic acids is 2. The lowest BCUT2D eigenvalue weighted by atomic mass is 10.0. The Morgan fingerprint density at radius 1 is 1.25 bits per heavy atom. The average Bonchev–Trinajstić information content (AvgIpc) is 3.36. The first-order valence-corrected chi connectivity index (χ1v) is 10.5. The quantitative estimate of drug-likeness (QED) is 0.814. The second-order valence-corrected chi connectivity index (χ2v) is 8.28. The largest absolute Gasteiger partial charge is 0.353 e. The van der Waals surface area contributed by atoms with Gasteiger partial charge in [0.15, 0.2) is 0 Å². The Morgan fingerprint density at radius 3 is 2.82 bits per heavy atom. The molecule has 3 saturated heterocycles. The molecule has 3 atom stereocenters. The number of pyridine rings is 1. The molecule has 0 bridgehead atoms. The Labute approximate surface area is 167 Å². The van der Waals surface area contributed by atoms with Crippen molar-refractivity contribution < 1.29 is 9.59 Å². The van der Waals surface area contributed by atoms with Gasteiger partial charge in [-0.05, 0) is 44.9 Å². The molecule has 4 heterocycles. The molecule has 1 aromatic heterocycles. The monoisotopic (exact) mass is 385 g/mol. The van der Waals surface area contributed by atoms with Gasteiger partial charge in [0.2, 0.25) is 11.8 Å². The topological polar surface area (TPSA) is 68.8 Å². The first kappa shape index (κ1) is 19.3. The number of amides is 2. The van der Waals surface area contributed by atoms with E-state index in [4.69, 9.17) is 0 Å². The third-order valence-electron chi connectivity index (χ3n) is 6.59. The molecule has 7 heteroatoms. The van der Waals surface area contributed by atoms with E-state index in [0.29, 0.717) is 19.5 Å². The zero-order valence-corrected chi connectivity index (χ0v) is 16.7. The van der Waals surface area contributed by atoms with E-state index in [1.807, 2.05) is 23.1 Å². The van der Waals surface area contributed by atoms with Crippen LogP contribution in [0.4, 0.5) is 0 Å². The van der Waals surface area contributed by atoms with Gasteiger partial charge in [0.25, 0.3) is 0 Å². The number of hydrogen-bond acceptors (Lipinski definition) is 5. The van der Waals surface area contributed by atoms with Crippen LogP contribution in [0, 0.1) is 0 Å². The number of fused-ring (bicyclic) bond motifs is 1. The molecule has 3 fully saturated rings. The Hall–Kier alpha value is -1.99. The SMILES string of the molecule is CN1[C@@H](CCC(=O)N2CCCC2)CNC(=O)[C@@H]2[C@H]1CCN2Cc1ccccn1. The molecule has 0 aromatic carbocycles. The normalized spacial score (nSPS) is 28.8. The minimum absolute atomic E-state index is 0.110. The zero-order valence-electron chi connectivity index (χ0n) is 16.7. The summed E-state index contributed by atoms with van der Waals surface area (Å²) in [7, 11) is 2.12. The third kappa shape index (κ3) is 4.05. The molecule has 0 saturated carbocycles. The van der Waals surface area contributed by atoms with Crippen LogP contribution in [0.2, 0.25) is 0 Å². The summed E-state index contributed by atoms with van der Waals surface area (Å²) in [6, 6.07) is 6.17. The van der Waals surface area contributed by atoms with Gasteiger partial charge in [-0.15, -0.1) is 0 Å². The lowest BCUT2D eigenvalue weighted by Crippen LogP contribution is -2.49. The summed E-state index contributed by atoms with van der Waals surface area (Å²) in [5, 5.41) is 3.14. The maximum atomic E-state index is 12.9.